The Hall–Kier alpha value is -1.66. The topological polar surface area (TPSA) is 67.8 Å². The van der Waals surface area contributed by atoms with Crippen molar-refractivity contribution in [3.8, 4) is 0 Å². The Balaban J connectivity index is 2.22. The van der Waals surface area contributed by atoms with Crippen LogP contribution < -0.4 is 5.32 Å². The molecule has 0 fully saturated rings. The molecule has 2 aromatic rings. The van der Waals surface area contributed by atoms with Gasteiger partial charge in [0.1, 0.15) is 5.82 Å². The predicted molar refractivity (Wildman–Crippen MR) is 80.4 cm³/mol. The largest absolute Gasteiger partial charge is 0.305 e. The summed E-state index contributed by atoms with van der Waals surface area (Å²) in [7, 11) is 0. The van der Waals surface area contributed by atoms with Crippen molar-refractivity contribution in [1.29, 1.82) is 0 Å². The van der Waals surface area contributed by atoms with Crippen LogP contribution in [0.3, 0.4) is 0 Å². The third-order valence-electron chi connectivity index (χ3n) is 2.34. The highest BCUT2D eigenvalue weighted by atomic mass is 35.5. The van der Waals surface area contributed by atoms with Crippen LogP contribution in [-0.4, -0.2) is 26.6 Å². The van der Waals surface area contributed by atoms with Gasteiger partial charge in [-0.15, -0.1) is 0 Å². The fourth-order valence-corrected chi connectivity index (χ4v) is 2.22. The van der Waals surface area contributed by atoms with E-state index in [0.29, 0.717) is 11.0 Å². The van der Waals surface area contributed by atoms with E-state index in [9.17, 15) is 4.79 Å². The Kier molecular flexibility index (Phi) is 4.92. The average molecular weight is 309 g/mol. The molecular formula is C13H13ClN4OS. The molecule has 0 bridgehead atoms. The van der Waals surface area contributed by atoms with E-state index in [-0.39, 0.29) is 10.7 Å². The van der Waals surface area contributed by atoms with Gasteiger partial charge in [0.2, 0.25) is 0 Å². The summed E-state index contributed by atoms with van der Waals surface area (Å²) >= 11 is 7.42. The monoisotopic (exact) mass is 308 g/mol. The van der Waals surface area contributed by atoms with Crippen LogP contribution in [0.25, 0.3) is 0 Å². The summed E-state index contributed by atoms with van der Waals surface area (Å²) in [6.45, 7) is 3.84. The fraction of sp³-hybridized carbons (Fsp3) is 0.231. The van der Waals surface area contributed by atoms with E-state index in [1.54, 1.807) is 6.07 Å². The molecule has 0 radical (unpaired) electrons. The number of hydrogen-bond acceptors (Lipinski definition) is 5. The molecule has 1 N–H and O–H groups in total. The molecule has 104 valence electrons. The Morgan fingerprint density at radius 1 is 1.40 bits per heavy atom. The Morgan fingerprint density at radius 3 is 2.90 bits per heavy atom. The van der Waals surface area contributed by atoms with Crippen molar-refractivity contribution in [2.45, 2.75) is 19.0 Å². The third kappa shape index (κ3) is 3.68. The molecule has 0 aliphatic rings. The lowest BCUT2D eigenvalue weighted by Gasteiger charge is -2.06. The number of anilines is 1. The van der Waals surface area contributed by atoms with Gasteiger partial charge < -0.3 is 5.32 Å². The predicted octanol–water partition coefficient (Wildman–Crippen LogP) is 3.20. The first-order chi connectivity index (χ1) is 9.60. The molecule has 0 aliphatic heterocycles. The van der Waals surface area contributed by atoms with Crippen LogP contribution in [0.4, 0.5) is 5.82 Å². The third-order valence-corrected chi connectivity index (χ3v) is 3.36. The van der Waals surface area contributed by atoms with Gasteiger partial charge in [0.05, 0.1) is 11.2 Å². The summed E-state index contributed by atoms with van der Waals surface area (Å²) in [4.78, 5) is 24.6. The molecule has 7 heteroatoms. The van der Waals surface area contributed by atoms with Crippen LogP contribution in [-0.2, 0) is 0 Å². The first kappa shape index (κ1) is 14.7. The summed E-state index contributed by atoms with van der Waals surface area (Å²) in [5.74, 6) is 0.894. The summed E-state index contributed by atoms with van der Waals surface area (Å²) < 4.78 is 0. The van der Waals surface area contributed by atoms with Gasteiger partial charge in [0, 0.05) is 5.69 Å². The smallest absolute Gasteiger partial charge is 0.277 e. The zero-order valence-corrected chi connectivity index (χ0v) is 12.6. The minimum atomic E-state index is -0.395. The minimum Gasteiger partial charge on any atom is -0.305 e. The lowest BCUT2D eigenvalue weighted by molar-refractivity contribution is 0.102. The molecule has 0 aliphatic carbocycles. The SMILES string of the molecule is CCSc1ncc(Cl)c(C(=O)Nc2cccc(C)n2)n1. The number of rotatable bonds is 4. The van der Waals surface area contributed by atoms with Crippen molar-refractivity contribution in [2.75, 3.05) is 11.1 Å². The number of halogens is 1. The van der Waals surface area contributed by atoms with Crippen molar-refractivity contribution < 1.29 is 4.79 Å². The maximum Gasteiger partial charge on any atom is 0.277 e. The standard InChI is InChI=1S/C13H13ClN4OS/c1-3-20-13-15-7-9(14)11(18-13)12(19)17-10-6-4-5-8(2)16-10/h4-7H,3H2,1-2H3,(H,16,17,19). The van der Waals surface area contributed by atoms with Gasteiger partial charge in [-0.05, 0) is 24.8 Å². The number of thioether (sulfide) groups is 1. The van der Waals surface area contributed by atoms with Crippen molar-refractivity contribution in [1.82, 2.24) is 15.0 Å². The van der Waals surface area contributed by atoms with Crippen LogP contribution in [0, 0.1) is 6.92 Å². The van der Waals surface area contributed by atoms with Gasteiger partial charge in [-0.2, -0.15) is 0 Å². The molecule has 5 nitrogen and oxygen atoms in total. The van der Waals surface area contributed by atoms with E-state index in [1.165, 1.54) is 18.0 Å². The van der Waals surface area contributed by atoms with E-state index in [0.717, 1.165) is 11.4 Å². The molecule has 1 amide bonds. The van der Waals surface area contributed by atoms with Gasteiger partial charge in [0.25, 0.3) is 5.91 Å². The average Bonchev–Trinajstić information content (AvgIpc) is 2.41. The van der Waals surface area contributed by atoms with Gasteiger partial charge in [-0.1, -0.05) is 36.4 Å². The van der Waals surface area contributed by atoms with Gasteiger partial charge in [0.15, 0.2) is 10.9 Å². The lowest BCUT2D eigenvalue weighted by atomic mass is 10.3. The van der Waals surface area contributed by atoms with Crippen molar-refractivity contribution >= 4 is 35.1 Å². The second kappa shape index (κ2) is 6.67. The molecular weight excluding hydrogens is 296 g/mol. The highest BCUT2D eigenvalue weighted by Gasteiger charge is 2.15. The number of hydrogen-bond donors (Lipinski definition) is 1. The number of amides is 1. The molecule has 0 aromatic carbocycles. The summed E-state index contributed by atoms with van der Waals surface area (Å²) in [5, 5.41) is 3.42. The number of aromatic nitrogens is 3. The molecule has 0 saturated heterocycles. The highest BCUT2D eigenvalue weighted by molar-refractivity contribution is 7.99. The van der Waals surface area contributed by atoms with Crippen LogP contribution in [0.1, 0.15) is 23.1 Å². The van der Waals surface area contributed by atoms with E-state index in [4.69, 9.17) is 11.6 Å². The number of carbonyl (C=O) groups excluding carboxylic acids is 1. The van der Waals surface area contributed by atoms with Crippen LogP contribution >= 0.6 is 23.4 Å². The zero-order valence-electron chi connectivity index (χ0n) is 11.1. The molecule has 2 rings (SSSR count). The van der Waals surface area contributed by atoms with E-state index < -0.39 is 5.91 Å². The summed E-state index contributed by atoms with van der Waals surface area (Å²) in [5.41, 5.74) is 0.972. The van der Waals surface area contributed by atoms with Crippen molar-refractivity contribution in [3.63, 3.8) is 0 Å². The molecule has 0 saturated carbocycles. The van der Waals surface area contributed by atoms with Gasteiger partial charge in [-0.3, -0.25) is 4.79 Å². The normalized spacial score (nSPS) is 10.3. The number of nitrogens with zero attached hydrogens (tertiary/aromatic N) is 3. The Labute approximate surface area is 126 Å². The minimum absolute atomic E-state index is 0.154. The quantitative estimate of drug-likeness (QED) is 0.694. The van der Waals surface area contributed by atoms with Gasteiger partial charge in [-0.25, -0.2) is 15.0 Å². The molecule has 0 spiro atoms. The van der Waals surface area contributed by atoms with Gasteiger partial charge >= 0.3 is 0 Å². The van der Waals surface area contributed by atoms with E-state index >= 15 is 0 Å². The number of pyridine rings is 1. The van der Waals surface area contributed by atoms with Crippen molar-refractivity contribution in [3.05, 3.63) is 40.8 Å². The molecule has 2 heterocycles. The molecule has 20 heavy (non-hydrogen) atoms. The van der Waals surface area contributed by atoms with Crippen LogP contribution in [0.5, 0.6) is 0 Å². The number of carbonyl (C=O) groups is 1. The second-order valence-corrected chi connectivity index (χ2v) is 5.54. The Morgan fingerprint density at radius 2 is 2.20 bits per heavy atom. The molecule has 0 atom stereocenters. The molecule has 2 aromatic heterocycles. The maximum atomic E-state index is 12.2. The first-order valence-corrected chi connectivity index (χ1v) is 7.37. The lowest BCUT2D eigenvalue weighted by Crippen LogP contribution is -2.16. The number of nitrogens with one attached hydrogen (secondary N) is 1. The second-order valence-electron chi connectivity index (χ2n) is 3.90. The highest BCUT2D eigenvalue weighted by Crippen LogP contribution is 2.19. The van der Waals surface area contributed by atoms with E-state index in [1.807, 2.05) is 26.0 Å². The number of aryl methyl sites for hydroxylation is 1. The zero-order chi connectivity index (χ0) is 14.5. The maximum absolute atomic E-state index is 12.2. The summed E-state index contributed by atoms with van der Waals surface area (Å²) in [6, 6.07) is 5.38. The molecule has 0 unspecified atom stereocenters. The Bertz CT molecular complexity index is 636. The first-order valence-electron chi connectivity index (χ1n) is 6.00. The fourth-order valence-electron chi connectivity index (χ4n) is 1.50. The van der Waals surface area contributed by atoms with Crippen LogP contribution in [0.2, 0.25) is 5.02 Å². The van der Waals surface area contributed by atoms with Crippen LogP contribution in [0.15, 0.2) is 29.6 Å². The summed E-state index contributed by atoms with van der Waals surface area (Å²) in [6.07, 6.45) is 1.44. The van der Waals surface area contributed by atoms with Crippen molar-refractivity contribution in [2.24, 2.45) is 0 Å². The van der Waals surface area contributed by atoms with E-state index in [2.05, 4.69) is 20.3 Å².